The smallest absolute Gasteiger partial charge is 0.266 e. The van der Waals surface area contributed by atoms with Gasteiger partial charge in [-0.05, 0) is 65.7 Å². The fourth-order valence-electron chi connectivity index (χ4n) is 3.82. The van der Waals surface area contributed by atoms with E-state index in [2.05, 4.69) is 12.1 Å². The molecule has 34 heavy (non-hydrogen) atoms. The van der Waals surface area contributed by atoms with Crippen LogP contribution in [0.25, 0.3) is 6.08 Å². The van der Waals surface area contributed by atoms with E-state index in [9.17, 15) is 4.79 Å². The van der Waals surface area contributed by atoms with Crippen LogP contribution in [0.5, 0.6) is 17.2 Å². The van der Waals surface area contributed by atoms with Crippen molar-refractivity contribution in [1.82, 2.24) is 0 Å². The molecule has 1 atom stereocenters. The van der Waals surface area contributed by atoms with Gasteiger partial charge in [0.2, 0.25) is 0 Å². The van der Waals surface area contributed by atoms with E-state index in [0.29, 0.717) is 4.91 Å². The largest absolute Gasteiger partial charge is 0.497 e. The fraction of sp³-hybridized carbons (Fsp3) is 0.0690. The summed E-state index contributed by atoms with van der Waals surface area (Å²) in [6, 6.07) is 35.1. The Bertz CT molecular complexity index is 1300. The van der Waals surface area contributed by atoms with Gasteiger partial charge in [0.05, 0.1) is 12.0 Å². The summed E-state index contributed by atoms with van der Waals surface area (Å²) in [5, 5.41) is -0.155. The van der Waals surface area contributed by atoms with Crippen molar-refractivity contribution in [3.05, 3.63) is 125 Å². The van der Waals surface area contributed by atoms with Crippen molar-refractivity contribution in [2.24, 2.45) is 0 Å². The molecule has 0 radical (unpaired) electrons. The molecule has 1 aliphatic heterocycles. The molecule has 5 rings (SSSR count). The van der Waals surface area contributed by atoms with E-state index in [0.717, 1.165) is 34.1 Å². The van der Waals surface area contributed by atoms with Crippen LogP contribution in [0.2, 0.25) is 0 Å². The SMILES string of the molecule is COc1ccc(N2C(=O)/C(=C/c3cccc(Oc4ccccc4)c3)SC2c2ccccc2)cc1. The van der Waals surface area contributed by atoms with Crippen molar-refractivity contribution in [2.75, 3.05) is 12.0 Å². The van der Waals surface area contributed by atoms with Crippen molar-refractivity contribution in [1.29, 1.82) is 0 Å². The first kappa shape index (κ1) is 21.9. The molecule has 0 N–H and O–H groups in total. The predicted octanol–water partition coefficient (Wildman–Crippen LogP) is 7.31. The van der Waals surface area contributed by atoms with E-state index in [1.807, 2.05) is 108 Å². The second kappa shape index (κ2) is 9.89. The molecule has 0 saturated carbocycles. The van der Waals surface area contributed by atoms with E-state index in [-0.39, 0.29) is 11.3 Å². The Morgan fingerprint density at radius 3 is 2.15 bits per heavy atom. The molecule has 4 aromatic rings. The number of para-hydroxylation sites is 1. The second-order valence-electron chi connectivity index (χ2n) is 7.75. The summed E-state index contributed by atoms with van der Waals surface area (Å²) in [5.41, 5.74) is 2.81. The number of carbonyl (C=O) groups is 1. The molecule has 1 aliphatic rings. The Balaban J connectivity index is 1.47. The lowest BCUT2D eigenvalue weighted by Gasteiger charge is -2.24. The quantitative estimate of drug-likeness (QED) is 0.280. The molecule has 168 valence electrons. The normalized spacial score (nSPS) is 16.6. The highest BCUT2D eigenvalue weighted by molar-refractivity contribution is 8.05. The van der Waals surface area contributed by atoms with Crippen molar-refractivity contribution in [2.45, 2.75) is 5.37 Å². The lowest BCUT2D eigenvalue weighted by molar-refractivity contribution is -0.114. The molecular formula is C29H23NO3S. The standard InChI is InChI=1S/C29H23NO3S/c1-32-24-17-15-23(16-18-24)30-28(31)27(34-29(30)22-10-4-2-5-11-22)20-21-9-8-14-26(19-21)33-25-12-6-3-7-13-25/h2-20,29H,1H3/b27-20-. The zero-order valence-corrected chi connectivity index (χ0v) is 19.4. The number of benzene rings is 4. The lowest BCUT2D eigenvalue weighted by Crippen LogP contribution is -2.27. The van der Waals surface area contributed by atoms with E-state index in [4.69, 9.17) is 9.47 Å². The van der Waals surface area contributed by atoms with Crippen LogP contribution in [0.3, 0.4) is 0 Å². The highest BCUT2D eigenvalue weighted by Crippen LogP contribution is 2.48. The summed E-state index contributed by atoms with van der Waals surface area (Å²) in [7, 11) is 1.63. The zero-order chi connectivity index (χ0) is 23.3. The van der Waals surface area contributed by atoms with Crippen molar-refractivity contribution in [3.8, 4) is 17.2 Å². The summed E-state index contributed by atoms with van der Waals surface area (Å²) >= 11 is 1.55. The third-order valence-corrected chi connectivity index (χ3v) is 6.73. The average Bonchev–Trinajstić information content (AvgIpc) is 3.21. The van der Waals surface area contributed by atoms with Crippen LogP contribution in [-0.2, 0) is 4.79 Å². The van der Waals surface area contributed by atoms with Crippen molar-refractivity contribution in [3.63, 3.8) is 0 Å². The van der Waals surface area contributed by atoms with Gasteiger partial charge < -0.3 is 9.47 Å². The van der Waals surface area contributed by atoms with E-state index >= 15 is 0 Å². The topological polar surface area (TPSA) is 38.8 Å². The van der Waals surface area contributed by atoms with Crippen LogP contribution in [0, 0.1) is 0 Å². The van der Waals surface area contributed by atoms with Crippen molar-refractivity contribution >= 4 is 29.4 Å². The molecule has 1 saturated heterocycles. The Morgan fingerprint density at radius 2 is 1.44 bits per heavy atom. The van der Waals surface area contributed by atoms with Crippen LogP contribution in [0.15, 0.2) is 114 Å². The number of hydrogen-bond donors (Lipinski definition) is 0. The van der Waals surface area contributed by atoms with Crippen LogP contribution in [0.1, 0.15) is 16.5 Å². The van der Waals surface area contributed by atoms with Gasteiger partial charge in [-0.3, -0.25) is 9.69 Å². The number of thioether (sulfide) groups is 1. The van der Waals surface area contributed by atoms with Crippen LogP contribution >= 0.6 is 11.8 Å². The van der Waals surface area contributed by atoms with Gasteiger partial charge in [-0.25, -0.2) is 0 Å². The first-order valence-electron chi connectivity index (χ1n) is 11.0. The zero-order valence-electron chi connectivity index (χ0n) is 18.6. The molecule has 4 aromatic carbocycles. The summed E-state index contributed by atoms with van der Waals surface area (Å²) < 4.78 is 11.3. The minimum absolute atomic E-state index is 0.0293. The van der Waals surface area contributed by atoms with Gasteiger partial charge >= 0.3 is 0 Å². The highest BCUT2D eigenvalue weighted by atomic mass is 32.2. The summed E-state index contributed by atoms with van der Waals surface area (Å²) in [5.74, 6) is 2.22. The third kappa shape index (κ3) is 4.70. The predicted molar refractivity (Wildman–Crippen MR) is 138 cm³/mol. The molecule has 1 heterocycles. The first-order chi connectivity index (χ1) is 16.7. The van der Waals surface area contributed by atoms with Crippen molar-refractivity contribution < 1.29 is 14.3 Å². The molecule has 4 nitrogen and oxygen atoms in total. The van der Waals surface area contributed by atoms with E-state index in [1.54, 1.807) is 18.9 Å². The molecular weight excluding hydrogens is 442 g/mol. The number of rotatable bonds is 6. The number of hydrogen-bond acceptors (Lipinski definition) is 4. The minimum atomic E-state index is -0.155. The third-order valence-electron chi connectivity index (χ3n) is 5.47. The van der Waals surface area contributed by atoms with Crippen LogP contribution in [-0.4, -0.2) is 13.0 Å². The Kier molecular flexibility index (Phi) is 6.36. The van der Waals surface area contributed by atoms with Crippen LogP contribution in [0.4, 0.5) is 5.69 Å². The first-order valence-corrected chi connectivity index (χ1v) is 11.8. The fourth-order valence-corrected chi connectivity index (χ4v) is 5.08. The Morgan fingerprint density at radius 1 is 0.765 bits per heavy atom. The molecule has 5 heteroatoms. The molecule has 1 unspecified atom stereocenters. The lowest BCUT2D eigenvalue weighted by atomic mass is 10.1. The highest BCUT2D eigenvalue weighted by Gasteiger charge is 2.38. The number of ether oxygens (including phenoxy) is 2. The molecule has 0 spiro atoms. The van der Waals surface area contributed by atoms with Gasteiger partial charge in [0.25, 0.3) is 5.91 Å². The summed E-state index contributed by atoms with van der Waals surface area (Å²) in [4.78, 5) is 16.1. The van der Waals surface area contributed by atoms with Gasteiger partial charge in [0.1, 0.15) is 22.6 Å². The molecule has 0 aromatic heterocycles. The van der Waals surface area contributed by atoms with Gasteiger partial charge in [0, 0.05) is 5.69 Å². The Hall–Kier alpha value is -3.96. The molecule has 0 aliphatic carbocycles. The van der Waals surface area contributed by atoms with Gasteiger partial charge in [-0.15, -0.1) is 0 Å². The van der Waals surface area contributed by atoms with Gasteiger partial charge in [-0.1, -0.05) is 72.4 Å². The number of methoxy groups -OCH3 is 1. The molecule has 1 fully saturated rings. The summed E-state index contributed by atoms with van der Waals surface area (Å²) in [6.45, 7) is 0. The number of anilines is 1. The van der Waals surface area contributed by atoms with Gasteiger partial charge in [-0.2, -0.15) is 0 Å². The maximum absolute atomic E-state index is 13.6. The average molecular weight is 466 g/mol. The molecule has 0 bridgehead atoms. The van der Waals surface area contributed by atoms with Crippen LogP contribution < -0.4 is 14.4 Å². The van der Waals surface area contributed by atoms with Gasteiger partial charge in [0.15, 0.2) is 0 Å². The van der Waals surface area contributed by atoms with E-state index < -0.39 is 0 Å². The number of amides is 1. The Labute approximate surface area is 203 Å². The van der Waals surface area contributed by atoms with E-state index in [1.165, 1.54) is 0 Å². The number of nitrogens with zero attached hydrogens (tertiary/aromatic N) is 1. The second-order valence-corrected chi connectivity index (χ2v) is 8.87. The summed E-state index contributed by atoms with van der Waals surface area (Å²) in [6.07, 6.45) is 1.93. The molecule has 1 amide bonds. The monoisotopic (exact) mass is 465 g/mol. The minimum Gasteiger partial charge on any atom is -0.497 e. The number of carbonyl (C=O) groups excluding carboxylic acids is 1. The maximum Gasteiger partial charge on any atom is 0.266 e. The maximum atomic E-state index is 13.6.